The summed E-state index contributed by atoms with van der Waals surface area (Å²) in [4.78, 5) is 11.4. The molecule has 0 aliphatic heterocycles. The molecule has 0 radical (unpaired) electrons. The first-order valence-corrected chi connectivity index (χ1v) is 4.76. The van der Waals surface area contributed by atoms with E-state index in [4.69, 9.17) is 0 Å². The van der Waals surface area contributed by atoms with E-state index in [1.54, 1.807) is 0 Å². The summed E-state index contributed by atoms with van der Waals surface area (Å²) in [5.74, 6) is 1.24. The molecule has 2 fully saturated rings. The molecule has 68 valence electrons. The lowest BCUT2D eigenvalue weighted by Crippen LogP contribution is -2.31. The SMILES string of the molecule is C[C@@H]1C(=O)C[C@H]2C[C@@H]1C[C@]2(C)O. The van der Waals surface area contributed by atoms with E-state index in [0.29, 0.717) is 18.1 Å². The van der Waals surface area contributed by atoms with Crippen molar-refractivity contribution >= 4 is 5.78 Å². The minimum atomic E-state index is -0.564. The van der Waals surface area contributed by atoms with Crippen LogP contribution in [0.4, 0.5) is 0 Å². The van der Waals surface area contributed by atoms with Gasteiger partial charge in [-0.1, -0.05) is 6.92 Å². The topological polar surface area (TPSA) is 37.3 Å². The van der Waals surface area contributed by atoms with Crippen molar-refractivity contribution in [3.8, 4) is 0 Å². The Labute approximate surface area is 73.0 Å². The predicted molar refractivity (Wildman–Crippen MR) is 45.6 cm³/mol. The minimum absolute atomic E-state index is 0.190. The van der Waals surface area contributed by atoms with Crippen molar-refractivity contribution in [2.24, 2.45) is 17.8 Å². The van der Waals surface area contributed by atoms with Crippen molar-refractivity contribution in [3.05, 3.63) is 0 Å². The second kappa shape index (κ2) is 2.32. The molecule has 0 amide bonds. The fourth-order valence-electron chi connectivity index (χ4n) is 2.78. The average Bonchev–Trinajstić information content (AvgIpc) is 2.21. The van der Waals surface area contributed by atoms with Crippen LogP contribution in [0.25, 0.3) is 0 Å². The summed E-state index contributed by atoms with van der Waals surface area (Å²) in [5.41, 5.74) is -0.564. The van der Waals surface area contributed by atoms with Crippen molar-refractivity contribution in [2.75, 3.05) is 0 Å². The number of hydrogen-bond donors (Lipinski definition) is 1. The first-order valence-electron chi connectivity index (χ1n) is 4.76. The number of fused-ring (bicyclic) bond motifs is 2. The fourth-order valence-corrected chi connectivity index (χ4v) is 2.78. The van der Waals surface area contributed by atoms with Gasteiger partial charge in [-0.25, -0.2) is 0 Å². The highest BCUT2D eigenvalue weighted by atomic mass is 16.3. The minimum Gasteiger partial charge on any atom is -0.390 e. The number of carbonyl (C=O) groups excluding carboxylic acids is 1. The van der Waals surface area contributed by atoms with Gasteiger partial charge in [-0.05, 0) is 31.6 Å². The first kappa shape index (κ1) is 8.24. The lowest BCUT2D eigenvalue weighted by atomic mass is 9.79. The summed E-state index contributed by atoms with van der Waals surface area (Å²) >= 11 is 0. The standard InChI is InChI=1S/C10H16O2/c1-6-7-3-8(4-9(6)11)10(2,12)5-7/h6-8,12H,3-5H2,1-2H3/t6-,7+,8+,10-/m0/s1. The number of hydrogen-bond acceptors (Lipinski definition) is 2. The van der Waals surface area contributed by atoms with Gasteiger partial charge in [0.1, 0.15) is 5.78 Å². The van der Waals surface area contributed by atoms with Gasteiger partial charge in [-0.15, -0.1) is 0 Å². The first-order chi connectivity index (χ1) is 5.50. The van der Waals surface area contributed by atoms with E-state index in [0.717, 1.165) is 12.8 Å². The number of carbonyl (C=O) groups is 1. The second-order valence-electron chi connectivity index (χ2n) is 4.71. The van der Waals surface area contributed by atoms with Crippen molar-refractivity contribution in [1.29, 1.82) is 0 Å². The van der Waals surface area contributed by atoms with Crippen LogP contribution in [0.5, 0.6) is 0 Å². The van der Waals surface area contributed by atoms with Crippen LogP contribution < -0.4 is 0 Å². The van der Waals surface area contributed by atoms with Gasteiger partial charge in [0.2, 0.25) is 0 Å². The second-order valence-corrected chi connectivity index (χ2v) is 4.71. The molecule has 0 unspecified atom stereocenters. The molecule has 0 spiro atoms. The van der Waals surface area contributed by atoms with Crippen molar-refractivity contribution < 1.29 is 9.90 Å². The highest BCUT2D eigenvalue weighted by Crippen LogP contribution is 2.49. The zero-order valence-electron chi connectivity index (χ0n) is 7.71. The van der Waals surface area contributed by atoms with Crippen LogP contribution in [-0.4, -0.2) is 16.5 Å². The summed E-state index contributed by atoms with van der Waals surface area (Å²) in [6, 6.07) is 0. The Kier molecular flexibility index (Phi) is 1.59. The molecule has 2 aliphatic carbocycles. The van der Waals surface area contributed by atoms with E-state index >= 15 is 0 Å². The lowest BCUT2D eigenvalue weighted by molar-refractivity contribution is -0.127. The summed E-state index contributed by atoms with van der Waals surface area (Å²) in [6.45, 7) is 3.88. The molecule has 0 heterocycles. The number of aliphatic hydroxyl groups is 1. The summed E-state index contributed by atoms with van der Waals surface area (Å²) in [7, 11) is 0. The molecule has 0 aromatic carbocycles. The molecule has 0 aromatic heterocycles. The van der Waals surface area contributed by atoms with Crippen LogP contribution in [0.3, 0.4) is 0 Å². The van der Waals surface area contributed by atoms with Gasteiger partial charge < -0.3 is 5.11 Å². The van der Waals surface area contributed by atoms with Gasteiger partial charge in [0, 0.05) is 12.3 Å². The molecule has 2 rings (SSSR count). The number of ketones is 1. The Morgan fingerprint density at radius 2 is 2.25 bits per heavy atom. The van der Waals surface area contributed by atoms with Crippen LogP contribution in [0, 0.1) is 17.8 Å². The third kappa shape index (κ3) is 1.01. The molecule has 1 N–H and O–H groups in total. The maximum Gasteiger partial charge on any atom is 0.136 e. The quantitative estimate of drug-likeness (QED) is 0.593. The monoisotopic (exact) mass is 168 g/mol. The Bertz CT molecular complexity index is 220. The van der Waals surface area contributed by atoms with Gasteiger partial charge in [-0.3, -0.25) is 4.79 Å². The van der Waals surface area contributed by atoms with Gasteiger partial charge in [0.25, 0.3) is 0 Å². The molecule has 12 heavy (non-hydrogen) atoms. The smallest absolute Gasteiger partial charge is 0.136 e. The Morgan fingerprint density at radius 3 is 2.92 bits per heavy atom. The Balaban J connectivity index is 2.24. The molecule has 2 heteroatoms. The largest absolute Gasteiger partial charge is 0.390 e. The van der Waals surface area contributed by atoms with Gasteiger partial charge >= 0.3 is 0 Å². The zero-order valence-corrected chi connectivity index (χ0v) is 7.71. The number of Topliss-reactive ketones (excluding diaryl/α,β-unsaturated/α-hetero) is 1. The zero-order chi connectivity index (χ0) is 8.93. The van der Waals surface area contributed by atoms with Gasteiger partial charge in [0.05, 0.1) is 5.60 Å². The molecule has 0 saturated heterocycles. The highest BCUT2D eigenvalue weighted by Gasteiger charge is 2.49. The normalized spacial score (nSPS) is 52.9. The number of rotatable bonds is 0. The highest BCUT2D eigenvalue weighted by molar-refractivity contribution is 5.82. The van der Waals surface area contributed by atoms with E-state index < -0.39 is 5.60 Å². The van der Waals surface area contributed by atoms with E-state index in [1.165, 1.54) is 0 Å². The van der Waals surface area contributed by atoms with E-state index in [9.17, 15) is 9.90 Å². The Morgan fingerprint density at radius 1 is 1.58 bits per heavy atom. The molecule has 0 aromatic rings. The molecule has 2 nitrogen and oxygen atoms in total. The predicted octanol–water partition coefficient (Wildman–Crippen LogP) is 1.37. The third-order valence-electron chi connectivity index (χ3n) is 3.80. The van der Waals surface area contributed by atoms with Gasteiger partial charge in [0.15, 0.2) is 0 Å². The van der Waals surface area contributed by atoms with Crippen molar-refractivity contribution in [3.63, 3.8) is 0 Å². The summed E-state index contributed by atoms with van der Waals surface area (Å²) in [6.07, 6.45) is 2.48. The van der Waals surface area contributed by atoms with E-state index in [2.05, 4.69) is 0 Å². The van der Waals surface area contributed by atoms with Crippen LogP contribution in [0.1, 0.15) is 33.1 Å². The van der Waals surface area contributed by atoms with Crippen LogP contribution in [0.15, 0.2) is 0 Å². The molecule has 4 atom stereocenters. The molecule has 2 bridgehead atoms. The molecular formula is C10H16O2. The van der Waals surface area contributed by atoms with E-state index in [1.807, 2.05) is 13.8 Å². The Hall–Kier alpha value is -0.370. The summed E-state index contributed by atoms with van der Waals surface area (Å²) < 4.78 is 0. The lowest BCUT2D eigenvalue weighted by Gasteiger charge is -2.26. The van der Waals surface area contributed by atoms with E-state index in [-0.39, 0.29) is 11.8 Å². The molecular weight excluding hydrogens is 152 g/mol. The van der Waals surface area contributed by atoms with Crippen LogP contribution in [-0.2, 0) is 4.79 Å². The van der Waals surface area contributed by atoms with Crippen LogP contribution in [0.2, 0.25) is 0 Å². The van der Waals surface area contributed by atoms with Crippen molar-refractivity contribution in [2.45, 2.75) is 38.7 Å². The molecule has 2 saturated carbocycles. The fraction of sp³-hybridized carbons (Fsp3) is 0.900. The molecule has 2 aliphatic rings. The summed E-state index contributed by atoms with van der Waals surface area (Å²) in [5, 5.41) is 9.95. The van der Waals surface area contributed by atoms with Gasteiger partial charge in [-0.2, -0.15) is 0 Å². The third-order valence-corrected chi connectivity index (χ3v) is 3.80. The average molecular weight is 168 g/mol. The van der Waals surface area contributed by atoms with Crippen molar-refractivity contribution in [1.82, 2.24) is 0 Å². The maximum atomic E-state index is 11.4. The van der Waals surface area contributed by atoms with Crippen LogP contribution >= 0.6 is 0 Å². The maximum absolute atomic E-state index is 11.4.